The minimum atomic E-state index is -5.03. The van der Waals surface area contributed by atoms with Crippen LogP contribution in [-0.2, 0) is 14.3 Å². The van der Waals surface area contributed by atoms with Crippen molar-refractivity contribution in [3.63, 3.8) is 0 Å². The highest BCUT2D eigenvalue weighted by molar-refractivity contribution is 5.83. The van der Waals surface area contributed by atoms with Crippen molar-refractivity contribution in [2.75, 3.05) is 6.61 Å². The van der Waals surface area contributed by atoms with Gasteiger partial charge in [-0.1, -0.05) is 32.6 Å². The van der Waals surface area contributed by atoms with Crippen LogP contribution in [0.4, 0.5) is 13.2 Å². The van der Waals surface area contributed by atoms with E-state index in [9.17, 15) is 22.8 Å². The molecule has 0 aromatic heterocycles. The van der Waals surface area contributed by atoms with Gasteiger partial charge in [0.05, 0.1) is 0 Å². The second-order valence-corrected chi connectivity index (χ2v) is 3.78. The molecule has 0 radical (unpaired) electrons. The highest BCUT2D eigenvalue weighted by atomic mass is 19.4. The number of ether oxygens (including phenoxy) is 1. The molecule has 100 valence electrons. The maximum absolute atomic E-state index is 11.7. The summed E-state index contributed by atoms with van der Waals surface area (Å²) >= 11 is 0. The Hall–Kier alpha value is -1.07. The van der Waals surface area contributed by atoms with Gasteiger partial charge in [0.25, 0.3) is 0 Å². The maximum Gasteiger partial charge on any atom is 0.490 e. The Labute approximate surface area is 98.3 Å². The fourth-order valence-corrected chi connectivity index (χ4v) is 1.23. The van der Waals surface area contributed by atoms with Crippen LogP contribution in [0.3, 0.4) is 0 Å². The van der Waals surface area contributed by atoms with Gasteiger partial charge in [-0.15, -0.1) is 0 Å². The predicted octanol–water partition coefficient (Wildman–Crippen LogP) is 3.02. The second-order valence-electron chi connectivity index (χ2n) is 3.78. The van der Waals surface area contributed by atoms with Crippen molar-refractivity contribution in [1.82, 2.24) is 0 Å². The number of carbonyl (C=O) groups is 2. The number of carbonyl (C=O) groups excluding carboxylic acids is 2. The fourth-order valence-electron chi connectivity index (χ4n) is 1.23. The molecule has 0 heterocycles. The number of alkyl halides is 3. The summed E-state index contributed by atoms with van der Waals surface area (Å²) in [6, 6.07) is 0. The molecule has 0 bridgehead atoms. The lowest BCUT2D eigenvalue weighted by molar-refractivity contribution is -0.199. The molecular weight excluding hydrogens is 237 g/mol. The summed E-state index contributed by atoms with van der Waals surface area (Å²) < 4.78 is 38.9. The number of rotatable bonds is 8. The zero-order valence-electron chi connectivity index (χ0n) is 9.81. The van der Waals surface area contributed by atoms with Crippen molar-refractivity contribution in [3.8, 4) is 0 Å². The Morgan fingerprint density at radius 3 is 2.18 bits per heavy atom. The first-order valence-electron chi connectivity index (χ1n) is 5.63. The van der Waals surface area contributed by atoms with E-state index in [1.54, 1.807) is 0 Å². The van der Waals surface area contributed by atoms with Crippen molar-refractivity contribution >= 4 is 11.8 Å². The van der Waals surface area contributed by atoms with Crippen LogP contribution in [-0.4, -0.2) is 24.5 Å². The monoisotopic (exact) mass is 254 g/mol. The van der Waals surface area contributed by atoms with Crippen molar-refractivity contribution in [2.24, 2.45) is 0 Å². The van der Waals surface area contributed by atoms with Gasteiger partial charge >= 0.3 is 12.1 Å². The smallest absolute Gasteiger partial charge is 0.451 e. The molecule has 0 aliphatic heterocycles. The predicted molar refractivity (Wildman–Crippen MR) is 55.4 cm³/mol. The standard InChI is InChI=1S/C11H17F3O3/c1-2-3-4-5-6-7-9(15)8-17-10(16)11(12,13)14/h2-8H2,1H3. The molecule has 0 aromatic carbocycles. The summed E-state index contributed by atoms with van der Waals surface area (Å²) in [4.78, 5) is 21.3. The van der Waals surface area contributed by atoms with Gasteiger partial charge in [-0.25, -0.2) is 4.79 Å². The van der Waals surface area contributed by atoms with Gasteiger partial charge in [0.15, 0.2) is 5.78 Å². The van der Waals surface area contributed by atoms with Gasteiger partial charge in [0.1, 0.15) is 6.61 Å². The lowest BCUT2D eigenvalue weighted by atomic mass is 10.1. The van der Waals surface area contributed by atoms with E-state index in [-0.39, 0.29) is 6.42 Å². The number of hydrogen-bond acceptors (Lipinski definition) is 3. The molecule has 0 aliphatic rings. The van der Waals surface area contributed by atoms with E-state index >= 15 is 0 Å². The lowest BCUT2D eigenvalue weighted by Crippen LogP contribution is -2.27. The third kappa shape index (κ3) is 8.71. The van der Waals surface area contributed by atoms with E-state index in [0.29, 0.717) is 6.42 Å². The Morgan fingerprint density at radius 1 is 1.06 bits per heavy atom. The molecule has 0 aliphatic carbocycles. The molecule has 0 N–H and O–H groups in total. The highest BCUT2D eigenvalue weighted by Gasteiger charge is 2.41. The minimum Gasteiger partial charge on any atom is -0.451 e. The normalized spacial score (nSPS) is 11.3. The van der Waals surface area contributed by atoms with Crippen LogP contribution in [0.25, 0.3) is 0 Å². The fraction of sp³-hybridized carbons (Fsp3) is 0.818. The number of unbranched alkanes of at least 4 members (excludes halogenated alkanes) is 4. The SMILES string of the molecule is CCCCCCCC(=O)COC(=O)C(F)(F)F. The van der Waals surface area contributed by atoms with Crippen LogP contribution in [0, 0.1) is 0 Å². The number of ketones is 1. The molecule has 6 heteroatoms. The Balaban J connectivity index is 3.57. The topological polar surface area (TPSA) is 43.4 Å². The van der Waals surface area contributed by atoms with Crippen molar-refractivity contribution in [2.45, 2.75) is 51.6 Å². The molecule has 0 saturated heterocycles. The van der Waals surface area contributed by atoms with Crippen LogP contribution in [0.1, 0.15) is 45.4 Å². The van der Waals surface area contributed by atoms with E-state index in [2.05, 4.69) is 11.7 Å². The molecule has 0 aromatic rings. The van der Waals surface area contributed by atoms with E-state index in [4.69, 9.17) is 0 Å². The highest BCUT2D eigenvalue weighted by Crippen LogP contribution is 2.16. The van der Waals surface area contributed by atoms with Crippen LogP contribution in [0.5, 0.6) is 0 Å². The molecule has 17 heavy (non-hydrogen) atoms. The van der Waals surface area contributed by atoms with E-state index < -0.39 is 24.5 Å². The Bertz CT molecular complexity index is 249. The average molecular weight is 254 g/mol. The summed E-state index contributed by atoms with van der Waals surface area (Å²) in [6.07, 6.45) is -0.202. The van der Waals surface area contributed by atoms with Crippen molar-refractivity contribution < 1.29 is 27.5 Å². The van der Waals surface area contributed by atoms with Gasteiger partial charge < -0.3 is 4.74 Å². The summed E-state index contributed by atoms with van der Waals surface area (Å²) in [5, 5.41) is 0. The van der Waals surface area contributed by atoms with E-state index in [1.165, 1.54) is 0 Å². The van der Waals surface area contributed by atoms with Crippen LogP contribution < -0.4 is 0 Å². The first-order chi connectivity index (χ1) is 7.88. The average Bonchev–Trinajstić information content (AvgIpc) is 2.24. The number of esters is 1. The quantitative estimate of drug-likeness (QED) is 0.494. The number of Topliss-reactive ketones (excluding diaryl/α,β-unsaturated/α-hetero) is 1. The molecule has 0 amide bonds. The Morgan fingerprint density at radius 2 is 1.65 bits per heavy atom. The first kappa shape index (κ1) is 15.9. The van der Waals surface area contributed by atoms with Gasteiger partial charge in [-0.3, -0.25) is 4.79 Å². The zero-order chi connectivity index (χ0) is 13.3. The number of halogens is 3. The molecule has 0 rings (SSSR count). The van der Waals surface area contributed by atoms with Gasteiger partial charge in [0, 0.05) is 6.42 Å². The summed E-state index contributed by atoms with van der Waals surface area (Å²) in [7, 11) is 0. The van der Waals surface area contributed by atoms with E-state index in [0.717, 1.165) is 25.7 Å². The Kier molecular flexibility index (Phi) is 7.58. The summed E-state index contributed by atoms with van der Waals surface area (Å²) in [5.74, 6) is -2.78. The largest absolute Gasteiger partial charge is 0.490 e. The molecular formula is C11H17F3O3. The zero-order valence-corrected chi connectivity index (χ0v) is 9.81. The van der Waals surface area contributed by atoms with Gasteiger partial charge in [0.2, 0.25) is 0 Å². The molecule has 0 saturated carbocycles. The number of hydrogen-bond donors (Lipinski definition) is 0. The van der Waals surface area contributed by atoms with Crippen molar-refractivity contribution in [3.05, 3.63) is 0 Å². The first-order valence-corrected chi connectivity index (χ1v) is 5.63. The van der Waals surface area contributed by atoms with Crippen LogP contribution in [0.15, 0.2) is 0 Å². The molecule has 0 atom stereocenters. The lowest BCUT2D eigenvalue weighted by Gasteiger charge is -2.06. The van der Waals surface area contributed by atoms with Crippen LogP contribution >= 0.6 is 0 Å². The summed E-state index contributed by atoms with van der Waals surface area (Å²) in [6.45, 7) is 1.27. The molecule has 0 fully saturated rings. The van der Waals surface area contributed by atoms with Gasteiger partial charge in [-0.05, 0) is 6.42 Å². The molecule has 3 nitrogen and oxygen atoms in total. The van der Waals surface area contributed by atoms with Crippen molar-refractivity contribution in [1.29, 1.82) is 0 Å². The maximum atomic E-state index is 11.7. The molecule has 0 spiro atoms. The third-order valence-electron chi connectivity index (χ3n) is 2.15. The minimum absolute atomic E-state index is 0.162. The third-order valence-corrected chi connectivity index (χ3v) is 2.15. The van der Waals surface area contributed by atoms with Gasteiger partial charge in [-0.2, -0.15) is 13.2 Å². The molecule has 0 unspecified atom stereocenters. The van der Waals surface area contributed by atoms with E-state index in [1.807, 2.05) is 0 Å². The summed E-state index contributed by atoms with van der Waals surface area (Å²) in [5.41, 5.74) is 0. The second kappa shape index (κ2) is 8.08. The van der Waals surface area contributed by atoms with Crippen LogP contribution in [0.2, 0.25) is 0 Å².